The number of amides is 1. The molecule has 0 unspecified atom stereocenters. The van der Waals surface area contributed by atoms with Gasteiger partial charge in [-0.1, -0.05) is 43.3 Å². The van der Waals surface area contributed by atoms with Crippen LogP contribution in [-0.2, 0) is 0 Å². The van der Waals surface area contributed by atoms with Gasteiger partial charge in [0.15, 0.2) is 6.10 Å². The lowest BCUT2D eigenvalue weighted by atomic mass is 10.0. The van der Waals surface area contributed by atoms with E-state index in [0.29, 0.717) is 23.4 Å². The van der Waals surface area contributed by atoms with Gasteiger partial charge in [0.1, 0.15) is 5.75 Å². The van der Waals surface area contributed by atoms with Gasteiger partial charge >= 0.3 is 0 Å². The fourth-order valence-electron chi connectivity index (χ4n) is 2.86. The Kier molecular flexibility index (Phi) is 6.54. The number of hydrogen-bond donors (Lipinski definition) is 1. The Balaban J connectivity index is 1.70. The third-order valence-electron chi connectivity index (χ3n) is 4.43. The number of carbonyl (C=O) groups is 2. The molecule has 0 aliphatic carbocycles. The molecule has 3 rings (SSSR count). The summed E-state index contributed by atoms with van der Waals surface area (Å²) in [6.07, 6.45) is -0.152. The molecule has 0 fully saturated rings. The zero-order valence-corrected chi connectivity index (χ0v) is 16.3. The van der Waals surface area contributed by atoms with E-state index in [2.05, 4.69) is 5.32 Å². The van der Waals surface area contributed by atoms with Gasteiger partial charge < -0.3 is 10.1 Å². The van der Waals surface area contributed by atoms with E-state index in [1.54, 1.807) is 48.5 Å². The molecule has 7 heteroatoms. The number of nitro groups is 1. The zero-order chi connectivity index (χ0) is 21.5. The first-order valence-electron chi connectivity index (χ1n) is 9.39. The number of ketones is 1. The lowest BCUT2D eigenvalue weighted by Crippen LogP contribution is -2.26. The summed E-state index contributed by atoms with van der Waals surface area (Å²) in [5.74, 6) is -0.0690. The second kappa shape index (κ2) is 9.47. The Hall–Kier alpha value is -4.00. The minimum absolute atomic E-state index is 0.0874. The highest BCUT2D eigenvalue weighted by Gasteiger charge is 2.20. The lowest BCUT2D eigenvalue weighted by molar-refractivity contribution is -0.384. The Morgan fingerprint density at radius 1 is 0.967 bits per heavy atom. The maximum Gasteiger partial charge on any atom is 0.269 e. The van der Waals surface area contributed by atoms with Crippen molar-refractivity contribution >= 4 is 23.1 Å². The maximum atomic E-state index is 12.7. The molecule has 0 saturated heterocycles. The normalized spacial score (nSPS) is 11.4. The fraction of sp³-hybridized carbons (Fsp3) is 0.130. The van der Waals surface area contributed by atoms with E-state index in [4.69, 9.17) is 4.74 Å². The molecular weight excluding hydrogens is 384 g/mol. The molecule has 1 N–H and O–H groups in total. The number of nitro benzene ring substituents is 1. The van der Waals surface area contributed by atoms with Gasteiger partial charge in [0.2, 0.25) is 5.78 Å². The lowest BCUT2D eigenvalue weighted by Gasteiger charge is -2.17. The van der Waals surface area contributed by atoms with Crippen molar-refractivity contribution in [2.75, 3.05) is 5.32 Å². The minimum Gasteiger partial charge on any atom is -0.482 e. The van der Waals surface area contributed by atoms with Gasteiger partial charge in [0, 0.05) is 35.0 Å². The highest BCUT2D eigenvalue weighted by atomic mass is 16.6. The summed E-state index contributed by atoms with van der Waals surface area (Å²) in [6, 6.07) is 21.0. The minimum atomic E-state index is -0.645. The Labute approximate surface area is 173 Å². The molecule has 152 valence electrons. The first-order chi connectivity index (χ1) is 14.5. The van der Waals surface area contributed by atoms with Crippen molar-refractivity contribution in [2.45, 2.75) is 19.4 Å². The van der Waals surface area contributed by atoms with Crippen molar-refractivity contribution in [1.29, 1.82) is 0 Å². The summed E-state index contributed by atoms with van der Waals surface area (Å²) in [5.41, 5.74) is 1.26. The van der Waals surface area contributed by atoms with Gasteiger partial charge in [-0.15, -0.1) is 0 Å². The average molecular weight is 404 g/mol. The average Bonchev–Trinajstić information content (AvgIpc) is 2.78. The standard InChI is InChI=1S/C23H20N2O5/c1-2-21(22(26)16-7-4-3-5-8-16)30-20-10-6-9-18(15-20)24-23(27)17-11-13-19(14-12-17)25(28)29/h3-15,21H,2H2,1H3,(H,24,27)/t21-/m0/s1. The molecule has 0 radical (unpaired) electrons. The molecule has 0 heterocycles. The number of anilines is 1. The van der Waals surface area contributed by atoms with Crippen molar-refractivity contribution in [1.82, 2.24) is 0 Å². The number of nitrogens with zero attached hydrogens (tertiary/aromatic N) is 1. The number of non-ortho nitro benzene ring substituents is 1. The first kappa shape index (κ1) is 20.7. The molecule has 30 heavy (non-hydrogen) atoms. The van der Waals surface area contributed by atoms with Gasteiger partial charge in [-0.05, 0) is 30.7 Å². The maximum absolute atomic E-state index is 12.7. The van der Waals surface area contributed by atoms with Crippen molar-refractivity contribution in [3.05, 3.63) is 100 Å². The van der Waals surface area contributed by atoms with Crippen LogP contribution in [0.25, 0.3) is 0 Å². The van der Waals surface area contributed by atoms with E-state index >= 15 is 0 Å². The number of ether oxygens (including phenoxy) is 1. The molecule has 0 bridgehead atoms. The third kappa shape index (κ3) is 5.08. The van der Waals surface area contributed by atoms with Crippen LogP contribution in [-0.4, -0.2) is 22.7 Å². The molecule has 1 amide bonds. The fourth-order valence-corrected chi connectivity index (χ4v) is 2.86. The van der Waals surface area contributed by atoms with Crippen LogP contribution in [0.3, 0.4) is 0 Å². The Morgan fingerprint density at radius 3 is 2.30 bits per heavy atom. The van der Waals surface area contributed by atoms with Gasteiger partial charge in [0.25, 0.3) is 11.6 Å². The Morgan fingerprint density at radius 2 is 1.67 bits per heavy atom. The number of nitrogens with one attached hydrogen (secondary N) is 1. The van der Waals surface area contributed by atoms with Crippen LogP contribution < -0.4 is 10.1 Å². The van der Waals surface area contributed by atoms with Gasteiger partial charge in [-0.25, -0.2) is 0 Å². The second-order valence-electron chi connectivity index (χ2n) is 6.53. The van der Waals surface area contributed by atoms with E-state index in [1.165, 1.54) is 24.3 Å². The predicted molar refractivity (Wildman–Crippen MR) is 113 cm³/mol. The van der Waals surface area contributed by atoms with Crippen LogP contribution in [0.1, 0.15) is 34.1 Å². The third-order valence-corrected chi connectivity index (χ3v) is 4.43. The molecule has 0 aromatic heterocycles. The number of hydrogen-bond acceptors (Lipinski definition) is 5. The number of carbonyl (C=O) groups excluding carboxylic acids is 2. The van der Waals surface area contributed by atoms with Crippen LogP contribution in [0.4, 0.5) is 11.4 Å². The molecule has 0 spiro atoms. The summed E-state index contributed by atoms with van der Waals surface area (Å²) in [4.78, 5) is 35.3. The van der Waals surface area contributed by atoms with Crippen molar-refractivity contribution in [2.24, 2.45) is 0 Å². The zero-order valence-electron chi connectivity index (χ0n) is 16.3. The topological polar surface area (TPSA) is 98.5 Å². The summed E-state index contributed by atoms with van der Waals surface area (Å²) in [6.45, 7) is 1.87. The van der Waals surface area contributed by atoms with Crippen LogP contribution in [0.15, 0.2) is 78.9 Å². The van der Waals surface area contributed by atoms with Crippen molar-refractivity contribution < 1.29 is 19.2 Å². The molecule has 1 atom stereocenters. The van der Waals surface area contributed by atoms with E-state index < -0.39 is 16.9 Å². The van der Waals surface area contributed by atoms with Crippen LogP contribution in [0.2, 0.25) is 0 Å². The predicted octanol–water partition coefficient (Wildman–Crippen LogP) is 4.89. The largest absolute Gasteiger partial charge is 0.482 e. The summed E-state index contributed by atoms with van der Waals surface area (Å²) >= 11 is 0. The van der Waals surface area contributed by atoms with Gasteiger partial charge in [0.05, 0.1) is 4.92 Å². The van der Waals surface area contributed by atoms with Crippen LogP contribution in [0.5, 0.6) is 5.75 Å². The van der Waals surface area contributed by atoms with E-state index in [0.717, 1.165) is 0 Å². The quantitative estimate of drug-likeness (QED) is 0.327. The van der Waals surface area contributed by atoms with Crippen LogP contribution >= 0.6 is 0 Å². The molecular formula is C23H20N2O5. The number of rotatable bonds is 8. The Bertz CT molecular complexity index is 1050. The molecule has 0 aliphatic heterocycles. The molecule has 3 aromatic rings. The second-order valence-corrected chi connectivity index (χ2v) is 6.53. The monoisotopic (exact) mass is 404 g/mol. The van der Waals surface area contributed by atoms with Gasteiger partial charge in [-0.3, -0.25) is 19.7 Å². The summed E-state index contributed by atoms with van der Waals surface area (Å²) < 4.78 is 5.87. The smallest absolute Gasteiger partial charge is 0.269 e. The number of Topliss-reactive ketones (excluding diaryl/α,β-unsaturated/α-hetero) is 1. The van der Waals surface area contributed by atoms with Gasteiger partial charge in [-0.2, -0.15) is 0 Å². The molecule has 3 aromatic carbocycles. The van der Waals surface area contributed by atoms with E-state index in [-0.39, 0.29) is 17.0 Å². The van der Waals surface area contributed by atoms with Crippen molar-refractivity contribution in [3.8, 4) is 5.75 Å². The van der Waals surface area contributed by atoms with Crippen molar-refractivity contribution in [3.63, 3.8) is 0 Å². The SMILES string of the molecule is CC[C@H](Oc1cccc(NC(=O)c2ccc([N+](=O)[O-])cc2)c1)C(=O)c1ccccc1. The molecule has 7 nitrogen and oxygen atoms in total. The summed E-state index contributed by atoms with van der Waals surface area (Å²) in [5, 5.41) is 13.5. The highest BCUT2D eigenvalue weighted by molar-refractivity contribution is 6.04. The highest BCUT2D eigenvalue weighted by Crippen LogP contribution is 2.22. The molecule has 0 saturated carbocycles. The van der Waals surface area contributed by atoms with E-state index in [1.807, 2.05) is 13.0 Å². The first-order valence-corrected chi connectivity index (χ1v) is 9.39. The van der Waals surface area contributed by atoms with E-state index in [9.17, 15) is 19.7 Å². The molecule has 0 aliphatic rings. The summed E-state index contributed by atoms with van der Waals surface area (Å²) in [7, 11) is 0. The van der Waals surface area contributed by atoms with Crippen LogP contribution in [0, 0.1) is 10.1 Å². The number of benzene rings is 3.